The first-order chi connectivity index (χ1) is 16.9. The molecule has 0 aromatic heterocycles. The number of aromatic hydroxyl groups is 1. The predicted molar refractivity (Wildman–Crippen MR) is 138 cm³/mol. The molecule has 3 aromatic carbocycles. The van der Waals surface area contributed by atoms with Crippen molar-refractivity contribution >= 4 is 23.4 Å². The van der Waals surface area contributed by atoms with Gasteiger partial charge in [0, 0.05) is 28.3 Å². The number of hydrogen-bond donors (Lipinski definition) is 3. The molecule has 1 atom stereocenters. The van der Waals surface area contributed by atoms with Gasteiger partial charge in [-0.05, 0) is 60.5 Å². The van der Waals surface area contributed by atoms with Crippen LogP contribution in [0.1, 0.15) is 70.0 Å². The molecule has 3 rings (SSSR count). The van der Waals surface area contributed by atoms with Gasteiger partial charge in [0.15, 0.2) is 5.78 Å². The third-order valence-electron chi connectivity index (χ3n) is 5.62. The maximum absolute atomic E-state index is 13.3. The molecule has 0 heterocycles. The van der Waals surface area contributed by atoms with Crippen LogP contribution in [0.2, 0.25) is 5.02 Å². The van der Waals surface area contributed by atoms with E-state index in [0.717, 1.165) is 30.4 Å². The largest absolute Gasteiger partial charge is 0.507 e. The lowest BCUT2D eigenvalue weighted by Gasteiger charge is -2.18. The van der Waals surface area contributed by atoms with E-state index in [0.29, 0.717) is 29.1 Å². The highest BCUT2D eigenvalue weighted by Gasteiger charge is 2.20. The lowest BCUT2D eigenvalue weighted by atomic mass is 9.97. The number of unbranched alkanes of at least 4 members (excludes halogenated alkanes) is 2. The summed E-state index contributed by atoms with van der Waals surface area (Å²) in [5.41, 5.74) is 2.77. The molecule has 0 spiro atoms. The molecule has 0 fully saturated rings. The number of carbonyl (C=O) groups is 2. The molecular weight excluding hydrogens is 462 g/mol. The van der Waals surface area contributed by atoms with E-state index in [1.165, 1.54) is 12.1 Å². The third-order valence-corrected chi connectivity index (χ3v) is 5.87. The minimum absolute atomic E-state index is 0.0180. The lowest BCUT2D eigenvalue weighted by molar-refractivity contribution is 0.0693. The summed E-state index contributed by atoms with van der Waals surface area (Å²) >= 11 is 5.91. The summed E-state index contributed by atoms with van der Waals surface area (Å²) < 4.78 is 0. The van der Waals surface area contributed by atoms with Crippen LogP contribution in [0, 0.1) is 11.8 Å². The third kappa shape index (κ3) is 7.71. The first kappa shape index (κ1) is 26.0. The highest BCUT2D eigenvalue weighted by atomic mass is 35.5. The molecule has 0 amide bonds. The summed E-state index contributed by atoms with van der Waals surface area (Å²) in [5.74, 6) is 4.68. The molecular formula is C29H28ClNO4. The zero-order valence-corrected chi connectivity index (χ0v) is 20.3. The van der Waals surface area contributed by atoms with Gasteiger partial charge in [-0.25, -0.2) is 4.79 Å². The van der Waals surface area contributed by atoms with Crippen LogP contribution in [-0.4, -0.2) is 28.0 Å². The number of carboxylic acids is 1. The van der Waals surface area contributed by atoms with E-state index >= 15 is 0 Å². The van der Waals surface area contributed by atoms with Gasteiger partial charge in [-0.2, -0.15) is 0 Å². The second-order valence-electron chi connectivity index (χ2n) is 8.28. The minimum atomic E-state index is -1.20. The summed E-state index contributed by atoms with van der Waals surface area (Å²) in [6, 6.07) is 18.5. The predicted octanol–water partition coefficient (Wildman–Crippen LogP) is 6.07. The number of aromatic carboxylic acids is 1. The Labute approximate surface area is 210 Å². The number of carbonyl (C=O) groups excluding carboxylic acids is 1. The van der Waals surface area contributed by atoms with Crippen molar-refractivity contribution in [3.05, 3.63) is 99.6 Å². The van der Waals surface area contributed by atoms with Crippen molar-refractivity contribution in [3.63, 3.8) is 0 Å². The number of ketones is 1. The van der Waals surface area contributed by atoms with Crippen molar-refractivity contribution in [1.29, 1.82) is 0 Å². The van der Waals surface area contributed by atoms with Crippen LogP contribution in [-0.2, 0) is 6.54 Å². The van der Waals surface area contributed by atoms with Gasteiger partial charge in [-0.3, -0.25) is 4.79 Å². The second-order valence-corrected chi connectivity index (χ2v) is 8.72. The highest BCUT2D eigenvalue weighted by Crippen LogP contribution is 2.19. The molecule has 0 aliphatic heterocycles. The van der Waals surface area contributed by atoms with Crippen molar-refractivity contribution in [2.75, 3.05) is 0 Å². The van der Waals surface area contributed by atoms with Crippen LogP contribution in [0.15, 0.2) is 66.7 Å². The summed E-state index contributed by atoms with van der Waals surface area (Å²) in [7, 11) is 0. The molecule has 0 aliphatic rings. The number of hydrogen-bond acceptors (Lipinski definition) is 4. The fourth-order valence-corrected chi connectivity index (χ4v) is 3.75. The average Bonchev–Trinajstić information content (AvgIpc) is 2.86. The molecule has 5 nitrogen and oxygen atoms in total. The molecule has 0 saturated carbocycles. The average molecular weight is 490 g/mol. The van der Waals surface area contributed by atoms with Crippen LogP contribution >= 0.6 is 11.6 Å². The quantitative estimate of drug-likeness (QED) is 0.183. The van der Waals surface area contributed by atoms with E-state index in [4.69, 9.17) is 11.6 Å². The van der Waals surface area contributed by atoms with E-state index in [-0.39, 0.29) is 17.1 Å². The van der Waals surface area contributed by atoms with Gasteiger partial charge < -0.3 is 15.5 Å². The minimum Gasteiger partial charge on any atom is -0.507 e. The number of halogens is 1. The van der Waals surface area contributed by atoms with Crippen molar-refractivity contribution in [1.82, 2.24) is 5.32 Å². The molecule has 0 radical (unpaired) electrons. The molecule has 6 heteroatoms. The second kappa shape index (κ2) is 12.8. The fourth-order valence-electron chi connectivity index (χ4n) is 3.63. The zero-order chi connectivity index (χ0) is 25.2. The molecule has 180 valence electrons. The van der Waals surface area contributed by atoms with Crippen LogP contribution < -0.4 is 5.32 Å². The highest BCUT2D eigenvalue weighted by molar-refractivity contribution is 6.30. The number of benzene rings is 3. The topological polar surface area (TPSA) is 86.6 Å². The summed E-state index contributed by atoms with van der Waals surface area (Å²) in [5, 5.41) is 22.9. The van der Waals surface area contributed by atoms with Gasteiger partial charge in [0.1, 0.15) is 11.3 Å². The Morgan fingerprint density at radius 1 is 0.943 bits per heavy atom. The Bertz CT molecular complexity index is 1220. The maximum atomic E-state index is 13.3. The lowest BCUT2D eigenvalue weighted by Crippen LogP contribution is -2.36. The zero-order valence-electron chi connectivity index (χ0n) is 19.6. The smallest absolute Gasteiger partial charge is 0.339 e. The summed E-state index contributed by atoms with van der Waals surface area (Å²) in [4.78, 5) is 24.6. The Balaban J connectivity index is 1.71. The summed E-state index contributed by atoms with van der Waals surface area (Å²) in [6.45, 7) is 2.42. The van der Waals surface area contributed by atoms with E-state index < -0.39 is 12.0 Å². The first-order valence-corrected chi connectivity index (χ1v) is 12.0. The standard InChI is InChI=1S/C29H28ClNO4/c1-2-3-4-5-26(31-19-22-12-17-27(32)25(18-22)29(34)35)28(33)23-13-8-20(9-14-23)6-7-21-10-15-24(30)16-11-21/h8-18,26,31-32H,2-5,19H2,1H3,(H,34,35). The van der Waals surface area contributed by atoms with Crippen molar-refractivity contribution in [2.45, 2.75) is 45.2 Å². The van der Waals surface area contributed by atoms with E-state index in [9.17, 15) is 19.8 Å². The molecule has 1 unspecified atom stereocenters. The van der Waals surface area contributed by atoms with Gasteiger partial charge >= 0.3 is 5.97 Å². The Kier molecular flexibility index (Phi) is 9.48. The normalized spacial score (nSPS) is 11.4. The molecule has 0 bridgehead atoms. The number of phenols is 1. The van der Waals surface area contributed by atoms with Gasteiger partial charge in [0.25, 0.3) is 0 Å². The monoisotopic (exact) mass is 489 g/mol. The number of carboxylic acid groups (broad SMARTS) is 1. The fraction of sp³-hybridized carbons (Fsp3) is 0.241. The van der Waals surface area contributed by atoms with Gasteiger partial charge in [-0.1, -0.05) is 67.8 Å². The molecule has 35 heavy (non-hydrogen) atoms. The number of rotatable bonds is 10. The molecule has 0 aliphatic carbocycles. The van der Waals surface area contributed by atoms with Crippen LogP contribution in [0.5, 0.6) is 5.75 Å². The molecule has 3 N–H and O–H groups in total. The van der Waals surface area contributed by atoms with Crippen molar-refractivity contribution in [3.8, 4) is 17.6 Å². The van der Waals surface area contributed by atoms with Crippen molar-refractivity contribution in [2.24, 2.45) is 0 Å². The number of Topliss-reactive ketones (excluding diaryl/α,β-unsaturated/α-hetero) is 1. The summed E-state index contributed by atoms with van der Waals surface area (Å²) in [6.07, 6.45) is 3.64. The van der Waals surface area contributed by atoms with Crippen LogP contribution in [0.4, 0.5) is 0 Å². The van der Waals surface area contributed by atoms with E-state index in [1.54, 1.807) is 30.3 Å². The molecule has 3 aromatic rings. The van der Waals surface area contributed by atoms with Crippen LogP contribution in [0.25, 0.3) is 0 Å². The van der Waals surface area contributed by atoms with Crippen molar-refractivity contribution < 1.29 is 19.8 Å². The Morgan fingerprint density at radius 3 is 2.17 bits per heavy atom. The van der Waals surface area contributed by atoms with Gasteiger partial charge in [0.05, 0.1) is 6.04 Å². The van der Waals surface area contributed by atoms with Gasteiger partial charge in [0.2, 0.25) is 0 Å². The first-order valence-electron chi connectivity index (χ1n) is 11.6. The Morgan fingerprint density at radius 2 is 1.57 bits per heavy atom. The van der Waals surface area contributed by atoms with Crippen LogP contribution in [0.3, 0.4) is 0 Å². The number of nitrogens with one attached hydrogen (secondary N) is 1. The van der Waals surface area contributed by atoms with E-state index in [1.807, 2.05) is 24.3 Å². The Hall–Kier alpha value is -3.59. The SMILES string of the molecule is CCCCCC(NCc1ccc(O)c(C(=O)O)c1)C(=O)c1ccc(C#Cc2ccc(Cl)cc2)cc1. The molecule has 0 saturated heterocycles. The van der Waals surface area contributed by atoms with E-state index in [2.05, 4.69) is 24.1 Å². The van der Waals surface area contributed by atoms with Gasteiger partial charge in [-0.15, -0.1) is 0 Å². The maximum Gasteiger partial charge on any atom is 0.339 e.